The monoisotopic (exact) mass is 497 g/mol. The van der Waals surface area contributed by atoms with Crippen molar-refractivity contribution in [1.29, 1.82) is 0 Å². The SMILES string of the molecule is CNCC(O)COc1cccc(-c2nc(NC3CCOCC3)cc(N(C3CCOCC3)C3CC3)n2)c1. The molecule has 2 saturated heterocycles. The van der Waals surface area contributed by atoms with Gasteiger partial charge in [-0.2, -0.15) is 0 Å². The van der Waals surface area contributed by atoms with Gasteiger partial charge < -0.3 is 34.9 Å². The molecule has 1 aliphatic carbocycles. The molecule has 3 heterocycles. The number of anilines is 2. The molecule has 3 N–H and O–H groups in total. The van der Waals surface area contributed by atoms with Crippen LogP contribution in [-0.2, 0) is 9.47 Å². The maximum Gasteiger partial charge on any atom is 0.163 e. The number of aromatic nitrogens is 2. The van der Waals surface area contributed by atoms with Gasteiger partial charge in [0.2, 0.25) is 0 Å². The number of ether oxygens (including phenoxy) is 3. The Bertz CT molecular complexity index is 976. The van der Waals surface area contributed by atoms with Gasteiger partial charge in [0.25, 0.3) is 0 Å². The van der Waals surface area contributed by atoms with Crippen molar-refractivity contribution in [3.8, 4) is 17.1 Å². The normalized spacial score (nSPS) is 20.2. The van der Waals surface area contributed by atoms with Gasteiger partial charge in [0.05, 0.1) is 0 Å². The van der Waals surface area contributed by atoms with Gasteiger partial charge in [-0.05, 0) is 57.7 Å². The molecule has 9 nitrogen and oxygen atoms in total. The minimum atomic E-state index is -0.569. The van der Waals surface area contributed by atoms with Crippen LogP contribution in [0.5, 0.6) is 5.75 Å². The Balaban J connectivity index is 1.43. The summed E-state index contributed by atoms with van der Waals surface area (Å²) in [5.74, 6) is 3.22. The summed E-state index contributed by atoms with van der Waals surface area (Å²) in [6.45, 7) is 3.86. The molecule has 1 atom stereocenters. The summed E-state index contributed by atoms with van der Waals surface area (Å²) >= 11 is 0. The first-order valence-corrected chi connectivity index (χ1v) is 13.3. The topological polar surface area (TPSA) is 101 Å². The van der Waals surface area contributed by atoms with Gasteiger partial charge in [-0.3, -0.25) is 0 Å². The summed E-state index contributed by atoms with van der Waals surface area (Å²) < 4.78 is 17.1. The van der Waals surface area contributed by atoms with Crippen LogP contribution in [0.25, 0.3) is 11.4 Å². The minimum absolute atomic E-state index is 0.223. The molecule has 3 fully saturated rings. The van der Waals surface area contributed by atoms with E-state index in [1.165, 1.54) is 12.8 Å². The fourth-order valence-electron chi connectivity index (χ4n) is 5.02. The molecule has 9 heteroatoms. The van der Waals surface area contributed by atoms with Crippen LogP contribution in [0.2, 0.25) is 0 Å². The molecule has 1 aromatic heterocycles. The Labute approximate surface area is 213 Å². The van der Waals surface area contributed by atoms with E-state index >= 15 is 0 Å². The van der Waals surface area contributed by atoms with Crippen LogP contribution in [0.4, 0.5) is 11.6 Å². The highest BCUT2D eigenvalue weighted by atomic mass is 16.5. The fourth-order valence-corrected chi connectivity index (χ4v) is 5.02. The molecular weight excluding hydrogens is 458 g/mol. The zero-order chi connectivity index (χ0) is 24.7. The molecule has 0 bridgehead atoms. The first kappa shape index (κ1) is 25.2. The average molecular weight is 498 g/mol. The van der Waals surface area contributed by atoms with E-state index in [4.69, 9.17) is 24.2 Å². The second kappa shape index (κ2) is 12.2. The first-order chi connectivity index (χ1) is 17.7. The van der Waals surface area contributed by atoms with Crippen LogP contribution < -0.4 is 20.3 Å². The third-order valence-electron chi connectivity index (χ3n) is 7.05. The quantitative estimate of drug-likeness (QED) is 0.433. The second-order valence-electron chi connectivity index (χ2n) is 10.00. The van der Waals surface area contributed by atoms with Gasteiger partial charge in [-0.15, -0.1) is 0 Å². The van der Waals surface area contributed by atoms with Crippen molar-refractivity contribution in [3.05, 3.63) is 30.3 Å². The van der Waals surface area contributed by atoms with Crippen LogP contribution in [-0.4, -0.2) is 85.9 Å². The van der Waals surface area contributed by atoms with Crippen molar-refractivity contribution in [1.82, 2.24) is 15.3 Å². The van der Waals surface area contributed by atoms with Crippen molar-refractivity contribution in [2.45, 2.75) is 62.8 Å². The van der Waals surface area contributed by atoms with Gasteiger partial charge in [0.1, 0.15) is 30.1 Å². The molecule has 0 spiro atoms. The molecule has 196 valence electrons. The van der Waals surface area contributed by atoms with Gasteiger partial charge >= 0.3 is 0 Å². The summed E-state index contributed by atoms with van der Waals surface area (Å²) in [5, 5.41) is 16.6. The second-order valence-corrected chi connectivity index (χ2v) is 10.00. The zero-order valence-corrected chi connectivity index (χ0v) is 21.2. The molecule has 3 aliphatic rings. The Morgan fingerprint density at radius 3 is 2.44 bits per heavy atom. The number of rotatable bonds is 11. The predicted molar refractivity (Wildman–Crippen MR) is 140 cm³/mol. The van der Waals surface area contributed by atoms with Crippen LogP contribution in [0, 0.1) is 0 Å². The summed E-state index contributed by atoms with van der Waals surface area (Å²) in [6, 6.07) is 11.3. The number of nitrogens with one attached hydrogen (secondary N) is 2. The number of hydrogen-bond donors (Lipinski definition) is 3. The number of hydrogen-bond acceptors (Lipinski definition) is 9. The Morgan fingerprint density at radius 2 is 1.72 bits per heavy atom. The lowest BCUT2D eigenvalue weighted by Crippen LogP contribution is -2.41. The largest absolute Gasteiger partial charge is 0.491 e. The van der Waals surface area contributed by atoms with Gasteiger partial charge in [-0.1, -0.05) is 12.1 Å². The Hall–Kier alpha value is -2.46. The van der Waals surface area contributed by atoms with E-state index in [9.17, 15) is 5.11 Å². The molecule has 36 heavy (non-hydrogen) atoms. The van der Waals surface area contributed by atoms with Crippen LogP contribution >= 0.6 is 0 Å². The van der Waals surface area contributed by atoms with Gasteiger partial charge in [0, 0.05) is 62.7 Å². The standard InChI is InChI=1S/C27H39N5O4/c1-28-17-23(33)18-36-24-4-2-3-19(15-24)27-30-25(29-20-7-11-34-12-8-20)16-26(31-27)32(21-5-6-21)22-9-13-35-14-10-22/h2-4,15-16,20-23,28,33H,5-14,17-18H2,1H3,(H,29,30,31). The van der Waals surface area contributed by atoms with Gasteiger partial charge in [0.15, 0.2) is 5.82 Å². The predicted octanol–water partition coefficient (Wildman–Crippen LogP) is 2.84. The van der Waals surface area contributed by atoms with Crippen LogP contribution in [0.1, 0.15) is 38.5 Å². The molecule has 5 rings (SSSR count). The number of aliphatic hydroxyl groups is 1. The lowest BCUT2D eigenvalue weighted by Gasteiger charge is -2.36. The lowest BCUT2D eigenvalue weighted by molar-refractivity contribution is 0.0839. The molecule has 1 unspecified atom stereocenters. The minimum Gasteiger partial charge on any atom is -0.491 e. The number of aliphatic hydroxyl groups excluding tert-OH is 1. The lowest BCUT2D eigenvalue weighted by atomic mass is 10.1. The van der Waals surface area contributed by atoms with Gasteiger partial charge in [-0.25, -0.2) is 9.97 Å². The van der Waals surface area contributed by atoms with E-state index in [-0.39, 0.29) is 6.61 Å². The van der Waals surface area contributed by atoms with Crippen molar-refractivity contribution in [3.63, 3.8) is 0 Å². The fraction of sp³-hybridized carbons (Fsp3) is 0.630. The van der Waals surface area contributed by atoms with Crippen molar-refractivity contribution in [2.75, 3.05) is 56.8 Å². The first-order valence-electron chi connectivity index (χ1n) is 13.3. The highest BCUT2D eigenvalue weighted by Crippen LogP contribution is 2.37. The average Bonchev–Trinajstić information content (AvgIpc) is 3.74. The Morgan fingerprint density at radius 1 is 1.00 bits per heavy atom. The molecule has 1 saturated carbocycles. The van der Waals surface area contributed by atoms with E-state index in [2.05, 4.69) is 21.6 Å². The summed E-state index contributed by atoms with van der Waals surface area (Å²) in [5.41, 5.74) is 0.898. The van der Waals surface area contributed by atoms with Crippen molar-refractivity contribution < 1.29 is 19.3 Å². The molecule has 2 aliphatic heterocycles. The van der Waals surface area contributed by atoms with E-state index in [0.29, 0.717) is 36.2 Å². The van der Waals surface area contributed by atoms with Crippen molar-refractivity contribution in [2.24, 2.45) is 0 Å². The Kier molecular flexibility index (Phi) is 8.53. The molecule has 1 aromatic carbocycles. The number of likely N-dealkylation sites (N-methyl/N-ethyl adjacent to an activating group) is 1. The zero-order valence-electron chi connectivity index (χ0n) is 21.2. The smallest absolute Gasteiger partial charge is 0.163 e. The maximum atomic E-state index is 10.0. The molecule has 0 radical (unpaired) electrons. The van der Waals surface area contributed by atoms with Crippen LogP contribution in [0.15, 0.2) is 30.3 Å². The van der Waals surface area contributed by atoms with E-state index in [0.717, 1.165) is 69.3 Å². The van der Waals surface area contributed by atoms with E-state index in [1.807, 2.05) is 31.3 Å². The highest BCUT2D eigenvalue weighted by Gasteiger charge is 2.36. The molecule has 2 aromatic rings. The molecular formula is C27H39N5O4. The van der Waals surface area contributed by atoms with Crippen LogP contribution in [0.3, 0.4) is 0 Å². The number of nitrogens with zero attached hydrogens (tertiary/aromatic N) is 3. The summed E-state index contributed by atoms with van der Waals surface area (Å²) in [6.07, 6.45) is 5.83. The maximum absolute atomic E-state index is 10.0. The number of benzene rings is 1. The highest BCUT2D eigenvalue weighted by molar-refractivity contribution is 5.64. The third-order valence-corrected chi connectivity index (χ3v) is 7.05. The van der Waals surface area contributed by atoms with Crippen molar-refractivity contribution >= 4 is 11.6 Å². The summed E-state index contributed by atoms with van der Waals surface area (Å²) in [4.78, 5) is 12.6. The summed E-state index contributed by atoms with van der Waals surface area (Å²) in [7, 11) is 1.81. The third kappa shape index (κ3) is 6.64. The molecule has 0 amide bonds. The van der Waals surface area contributed by atoms with E-state index < -0.39 is 6.10 Å². The van der Waals surface area contributed by atoms with E-state index in [1.54, 1.807) is 0 Å².